The highest BCUT2D eigenvalue weighted by molar-refractivity contribution is 6.30. The van der Waals surface area contributed by atoms with E-state index in [1.807, 2.05) is 30.3 Å². The van der Waals surface area contributed by atoms with E-state index < -0.39 is 6.10 Å². The molecule has 0 spiro atoms. The molecule has 0 fully saturated rings. The van der Waals surface area contributed by atoms with Gasteiger partial charge in [-0.05, 0) is 48.2 Å². The minimum absolute atomic E-state index is 0.484. The van der Waals surface area contributed by atoms with Gasteiger partial charge in [0.15, 0.2) is 0 Å². The third-order valence-electron chi connectivity index (χ3n) is 3.30. The van der Waals surface area contributed by atoms with Crippen molar-refractivity contribution in [2.45, 2.75) is 26.4 Å². The maximum absolute atomic E-state index is 10.3. The van der Waals surface area contributed by atoms with Gasteiger partial charge in [-0.1, -0.05) is 41.9 Å². The standard InChI is InChI=1S/C16H17ClO/c1-11-4-3-5-12(2)15(11)10-16(18)13-6-8-14(17)9-7-13/h3-9,16,18H,10H2,1-2H3. The molecule has 2 heteroatoms. The molecule has 0 heterocycles. The molecule has 0 aliphatic carbocycles. The zero-order valence-corrected chi connectivity index (χ0v) is 11.4. The fourth-order valence-electron chi connectivity index (χ4n) is 2.17. The van der Waals surface area contributed by atoms with Gasteiger partial charge in [-0.3, -0.25) is 0 Å². The summed E-state index contributed by atoms with van der Waals surface area (Å²) in [5.74, 6) is 0. The van der Waals surface area contributed by atoms with Crippen LogP contribution in [0, 0.1) is 13.8 Å². The van der Waals surface area contributed by atoms with Crippen LogP contribution in [0.15, 0.2) is 42.5 Å². The van der Waals surface area contributed by atoms with Crippen LogP contribution in [0.3, 0.4) is 0 Å². The van der Waals surface area contributed by atoms with E-state index in [0.29, 0.717) is 11.4 Å². The van der Waals surface area contributed by atoms with Crippen molar-refractivity contribution in [2.24, 2.45) is 0 Å². The maximum atomic E-state index is 10.3. The third-order valence-corrected chi connectivity index (χ3v) is 3.55. The first-order valence-electron chi connectivity index (χ1n) is 6.06. The number of aliphatic hydroxyl groups is 1. The second-order valence-corrected chi connectivity index (χ2v) is 5.08. The fraction of sp³-hybridized carbons (Fsp3) is 0.250. The van der Waals surface area contributed by atoms with Crippen molar-refractivity contribution in [3.05, 3.63) is 69.7 Å². The fourth-order valence-corrected chi connectivity index (χ4v) is 2.29. The molecule has 18 heavy (non-hydrogen) atoms. The molecule has 0 aliphatic heterocycles. The molecule has 1 atom stereocenters. The van der Waals surface area contributed by atoms with Crippen molar-refractivity contribution >= 4 is 11.6 Å². The maximum Gasteiger partial charge on any atom is 0.0830 e. The number of aryl methyl sites for hydroxylation is 2. The van der Waals surface area contributed by atoms with Gasteiger partial charge in [0.1, 0.15) is 0 Å². The Labute approximate surface area is 113 Å². The summed E-state index contributed by atoms with van der Waals surface area (Å²) in [5, 5.41) is 11.0. The van der Waals surface area contributed by atoms with E-state index in [1.165, 1.54) is 16.7 Å². The highest BCUT2D eigenvalue weighted by atomic mass is 35.5. The van der Waals surface area contributed by atoms with Crippen molar-refractivity contribution in [3.8, 4) is 0 Å². The van der Waals surface area contributed by atoms with Crippen LogP contribution in [0.25, 0.3) is 0 Å². The molecule has 0 aromatic heterocycles. The highest BCUT2D eigenvalue weighted by Gasteiger charge is 2.11. The van der Waals surface area contributed by atoms with Crippen LogP contribution >= 0.6 is 11.6 Å². The van der Waals surface area contributed by atoms with Crippen LogP contribution < -0.4 is 0 Å². The summed E-state index contributed by atoms with van der Waals surface area (Å²) in [6.45, 7) is 4.16. The number of hydrogen-bond donors (Lipinski definition) is 1. The summed E-state index contributed by atoms with van der Waals surface area (Å²) >= 11 is 5.85. The van der Waals surface area contributed by atoms with E-state index in [1.54, 1.807) is 0 Å². The van der Waals surface area contributed by atoms with Crippen molar-refractivity contribution in [1.29, 1.82) is 0 Å². The zero-order chi connectivity index (χ0) is 13.1. The largest absolute Gasteiger partial charge is 0.388 e. The molecule has 2 aromatic rings. The normalized spacial score (nSPS) is 12.4. The molecule has 2 aromatic carbocycles. The average Bonchev–Trinajstić information content (AvgIpc) is 2.34. The lowest BCUT2D eigenvalue weighted by Crippen LogP contribution is -2.04. The zero-order valence-electron chi connectivity index (χ0n) is 10.7. The summed E-state index contributed by atoms with van der Waals surface area (Å²) < 4.78 is 0. The van der Waals surface area contributed by atoms with E-state index in [4.69, 9.17) is 11.6 Å². The summed E-state index contributed by atoms with van der Waals surface area (Å²) in [6.07, 6.45) is 0.155. The monoisotopic (exact) mass is 260 g/mol. The van der Waals surface area contributed by atoms with Gasteiger partial charge >= 0.3 is 0 Å². The summed E-state index contributed by atoms with van der Waals surface area (Å²) in [6, 6.07) is 13.6. The Morgan fingerprint density at radius 1 is 1.00 bits per heavy atom. The molecular weight excluding hydrogens is 244 g/mol. The quantitative estimate of drug-likeness (QED) is 0.876. The number of aliphatic hydroxyl groups excluding tert-OH is 1. The molecule has 0 radical (unpaired) electrons. The van der Waals surface area contributed by atoms with E-state index in [9.17, 15) is 5.11 Å². The SMILES string of the molecule is Cc1cccc(C)c1CC(O)c1ccc(Cl)cc1. The summed E-state index contributed by atoms with van der Waals surface area (Å²) in [7, 11) is 0. The number of benzene rings is 2. The Kier molecular flexibility index (Phi) is 4.05. The number of halogens is 1. The van der Waals surface area contributed by atoms with Crippen LogP contribution in [0.2, 0.25) is 5.02 Å². The van der Waals surface area contributed by atoms with Crippen molar-refractivity contribution in [3.63, 3.8) is 0 Å². The molecule has 0 saturated carbocycles. The minimum Gasteiger partial charge on any atom is -0.388 e. The molecule has 1 nitrogen and oxygen atoms in total. The van der Waals surface area contributed by atoms with Gasteiger partial charge in [0.05, 0.1) is 6.10 Å². The van der Waals surface area contributed by atoms with Gasteiger partial charge in [-0.15, -0.1) is 0 Å². The van der Waals surface area contributed by atoms with Crippen LogP contribution in [-0.2, 0) is 6.42 Å². The summed E-state index contributed by atoms with van der Waals surface area (Å²) in [4.78, 5) is 0. The molecular formula is C16H17ClO. The van der Waals surface area contributed by atoms with Gasteiger partial charge in [0.2, 0.25) is 0 Å². The van der Waals surface area contributed by atoms with Crippen molar-refractivity contribution in [2.75, 3.05) is 0 Å². The average molecular weight is 261 g/mol. The summed E-state index contributed by atoms with van der Waals surface area (Å²) in [5.41, 5.74) is 4.58. The Balaban J connectivity index is 2.21. The van der Waals surface area contributed by atoms with Gasteiger partial charge in [-0.2, -0.15) is 0 Å². The minimum atomic E-state index is -0.484. The smallest absolute Gasteiger partial charge is 0.0830 e. The Bertz CT molecular complexity index is 511. The van der Waals surface area contributed by atoms with E-state index >= 15 is 0 Å². The topological polar surface area (TPSA) is 20.2 Å². The van der Waals surface area contributed by atoms with Crippen LogP contribution in [-0.4, -0.2) is 5.11 Å². The lowest BCUT2D eigenvalue weighted by Gasteiger charge is -2.15. The Hall–Kier alpha value is -1.31. The van der Waals surface area contributed by atoms with Crippen molar-refractivity contribution in [1.82, 2.24) is 0 Å². The molecule has 0 amide bonds. The lowest BCUT2D eigenvalue weighted by atomic mass is 9.95. The van der Waals surface area contributed by atoms with Crippen molar-refractivity contribution < 1.29 is 5.11 Å². The molecule has 0 bridgehead atoms. The van der Waals surface area contributed by atoms with E-state index in [2.05, 4.69) is 26.0 Å². The van der Waals surface area contributed by atoms with E-state index in [-0.39, 0.29) is 0 Å². The molecule has 0 aliphatic rings. The molecule has 1 N–H and O–H groups in total. The van der Waals surface area contributed by atoms with Crippen LogP contribution in [0.1, 0.15) is 28.4 Å². The first-order valence-corrected chi connectivity index (χ1v) is 6.44. The predicted molar refractivity (Wildman–Crippen MR) is 76.0 cm³/mol. The highest BCUT2D eigenvalue weighted by Crippen LogP contribution is 2.23. The number of hydrogen-bond acceptors (Lipinski definition) is 1. The van der Waals surface area contributed by atoms with Gasteiger partial charge < -0.3 is 5.11 Å². The molecule has 2 rings (SSSR count). The second kappa shape index (κ2) is 5.55. The van der Waals surface area contributed by atoms with Crippen LogP contribution in [0.4, 0.5) is 0 Å². The van der Waals surface area contributed by atoms with Crippen LogP contribution in [0.5, 0.6) is 0 Å². The molecule has 1 unspecified atom stereocenters. The number of rotatable bonds is 3. The molecule has 94 valence electrons. The van der Waals surface area contributed by atoms with E-state index in [0.717, 1.165) is 5.56 Å². The first-order chi connectivity index (χ1) is 8.58. The third kappa shape index (κ3) is 2.92. The Morgan fingerprint density at radius 2 is 1.56 bits per heavy atom. The van der Waals surface area contributed by atoms with Gasteiger partial charge in [0, 0.05) is 11.4 Å². The van der Waals surface area contributed by atoms with Gasteiger partial charge in [-0.25, -0.2) is 0 Å². The lowest BCUT2D eigenvalue weighted by molar-refractivity contribution is 0.178. The Morgan fingerprint density at radius 3 is 2.11 bits per heavy atom. The first kappa shape index (κ1) is 13.1. The predicted octanol–water partition coefficient (Wildman–Crippen LogP) is 4.23. The second-order valence-electron chi connectivity index (χ2n) is 4.64. The molecule has 0 saturated heterocycles. The van der Waals surface area contributed by atoms with Gasteiger partial charge in [0.25, 0.3) is 0 Å².